The molecule has 3 aromatic rings. The predicted octanol–water partition coefficient (Wildman–Crippen LogP) is 2.39. The van der Waals surface area contributed by atoms with E-state index >= 15 is 0 Å². The standard InChI is InChI=1S/C17H14O5/c1-9(19)14-13(20)6-5-12-11-4-2-3-10(7-8-18)15(11)17(21)22-16(12)14/h2-6,18,20H,7-8H2,1H3. The minimum Gasteiger partial charge on any atom is -0.507 e. The van der Waals surface area contributed by atoms with Crippen molar-refractivity contribution in [3.63, 3.8) is 0 Å². The van der Waals surface area contributed by atoms with Gasteiger partial charge in [-0.3, -0.25) is 4.79 Å². The van der Waals surface area contributed by atoms with Gasteiger partial charge in [0.25, 0.3) is 0 Å². The van der Waals surface area contributed by atoms with Crippen molar-refractivity contribution in [1.29, 1.82) is 0 Å². The molecule has 0 aliphatic heterocycles. The fourth-order valence-electron chi connectivity index (χ4n) is 2.77. The Balaban J connectivity index is 2.54. The zero-order chi connectivity index (χ0) is 15.9. The Morgan fingerprint density at radius 2 is 1.95 bits per heavy atom. The van der Waals surface area contributed by atoms with E-state index in [4.69, 9.17) is 9.52 Å². The van der Waals surface area contributed by atoms with Crippen LogP contribution in [0.4, 0.5) is 0 Å². The molecule has 2 aromatic carbocycles. The van der Waals surface area contributed by atoms with Crippen LogP contribution in [0, 0.1) is 0 Å². The summed E-state index contributed by atoms with van der Waals surface area (Å²) in [5.41, 5.74) is 0.197. The summed E-state index contributed by atoms with van der Waals surface area (Å²) in [6.07, 6.45) is 0.339. The Morgan fingerprint density at radius 1 is 1.18 bits per heavy atom. The molecule has 0 bridgehead atoms. The van der Waals surface area contributed by atoms with Crippen LogP contribution in [0.15, 0.2) is 39.5 Å². The second-order valence-corrected chi connectivity index (χ2v) is 5.10. The monoisotopic (exact) mass is 298 g/mol. The molecule has 0 spiro atoms. The first-order valence-corrected chi connectivity index (χ1v) is 6.86. The number of phenolic OH excluding ortho intramolecular Hbond substituents is 1. The average molecular weight is 298 g/mol. The summed E-state index contributed by atoms with van der Waals surface area (Å²) in [5, 5.41) is 20.6. The van der Waals surface area contributed by atoms with E-state index in [0.29, 0.717) is 28.1 Å². The van der Waals surface area contributed by atoms with Crippen molar-refractivity contribution in [2.24, 2.45) is 0 Å². The van der Waals surface area contributed by atoms with E-state index in [2.05, 4.69) is 0 Å². The molecule has 0 amide bonds. The number of phenols is 1. The van der Waals surface area contributed by atoms with Crippen LogP contribution in [-0.2, 0) is 6.42 Å². The second kappa shape index (κ2) is 5.27. The Kier molecular flexibility index (Phi) is 3.42. The topological polar surface area (TPSA) is 87.7 Å². The fraction of sp³-hybridized carbons (Fsp3) is 0.176. The van der Waals surface area contributed by atoms with Crippen molar-refractivity contribution >= 4 is 27.5 Å². The third kappa shape index (κ3) is 2.07. The van der Waals surface area contributed by atoms with Crippen LogP contribution in [0.1, 0.15) is 22.8 Å². The molecule has 0 aliphatic rings. The number of ketones is 1. The van der Waals surface area contributed by atoms with Crippen LogP contribution in [0.2, 0.25) is 0 Å². The lowest BCUT2D eigenvalue weighted by Crippen LogP contribution is -2.07. The number of hydrogen-bond donors (Lipinski definition) is 2. The summed E-state index contributed by atoms with van der Waals surface area (Å²) in [6, 6.07) is 8.33. The van der Waals surface area contributed by atoms with Gasteiger partial charge in [-0.15, -0.1) is 0 Å². The first-order valence-electron chi connectivity index (χ1n) is 6.86. The van der Waals surface area contributed by atoms with Crippen LogP contribution in [0.5, 0.6) is 5.75 Å². The van der Waals surface area contributed by atoms with Gasteiger partial charge in [-0.25, -0.2) is 4.79 Å². The summed E-state index contributed by atoms with van der Waals surface area (Å²) in [5.74, 6) is -0.592. The molecule has 0 saturated carbocycles. The van der Waals surface area contributed by atoms with Crippen molar-refractivity contribution in [3.05, 3.63) is 51.9 Å². The summed E-state index contributed by atoms with van der Waals surface area (Å²) < 4.78 is 5.32. The van der Waals surface area contributed by atoms with E-state index in [1.165, 1.54) is 13.0 Å². The highest BCUT2D eigenvalue weighted by Gasteiger charge is 2.18. The van der Waals surface area contributed by atoms with Gasteiger partial charge in [-0.2, -0.15) is 0 Å². The summed E-state index contributed by atoms with van der Waals surface area (Å²) in [7, 11) is 0. The normalized spacial score (nSPS) is 11.2. The zero-order valence-corrected chi connectivity index (χ0v) is 11.9. The predicted molar refractivity (Wildman–Crippen MR) is 82.4 cm³/mol. The van der Waals surface area contributed by atoms with E-state index in [1.54, 1.807) is 24.3 Å². The lowest BCUT2D eigenvalue weighted by atomic mass is 9.99. The van der Waals surface area contributed by atoms with E-state index in [0.717, 1.165) is 0 Å². The first kappa shape index (κ1) is 14.3. The number of carbonyl (C=O) groups excluding carboxylic acids is 1. The fourth-order valence-corrected chi connectivity index (χ4v) is 2.77. The van der Waals surface area contributed by atoms with E-state index in [-0.39, 0.29) is 29.3 Å². The Labute approximate surface area is 125 Å². The smallest absolute Gasteiger partial charge is 0.344 e. The highest BCUT2D eigenvalue weighted by molar-refractivity contribution is 6.14. The maximum atomic E-state index is 12.3. The van der Waals surface area contributed by atoms with Crippen molar-refractivity contribution in [2.75, 3.05) is 6.61 Å². The quantitative estimate of drug-likeness (QED) is 0.440. The van der Waals surface area contributed by atoms with Crippen molar-refractivity contribution in [3.8, 4) is 5.75 Å². The number of hydrogen-bond acceptors (Lipinski definition) is 5. The van der Waals surface area contributed by atoms with Crippen LogP contribution in [-0.4, -0.2) is 22.6 Å². The van der Waals surface area contributed by atoms with Gasteiger partial charge in [0.05, 0.1) is 5.39 Å². The maximum absolute atomic E-state index is 12.3. The minimum absolute atomic E-state index is 0.00376. The zero-order valence-electron chi connectivity index (χ0n) is 11.9. The van der Waals surface area contributed by atoms with Crippen LogP contribution in [0.3, 0.4) is 0 Å². The molecular weight excluding hydrogens is 284 g/mol. The molecule has 0 saturated heterocycles. The van der Waals surface area contributed by atoms with Crippen molar-refractivity contribution < 1.29 is 19.4 Å². The molecule has 2 N–H and O–H groups in total. The number of Topliss-reactive ketones (excluding diaryl/α,β-unsaturated/α-hetero) is 1. The van der Waals surface area contributed by atoms with Gasteiger partial charge >= 0.3 is 5.63 Å². The SMILES string of the molecule is CC(=O)c1c(O)ccc2c1oc(=O)c1c(CCO)cccc12. The molecular formula is C17H14O5. The molecule has 0 atom stereocenters. The third-order valence-electron chi connectivity index (χ3n) is 3.71. The van der Waals surface area contributed by atoms with Gasteiger partial charge in [0.1, 0.15) is 11.3 Å². The summed E-state index contributed by atoms with van der Waals surface area (Å²) in [6.45, 7) is 1.23. The minimum atomic E-state index is -0.584. The number of carbonyl (C=O) groups is 1. The maximum Gasteiger partial charge on any atom is 0.344 e. The van der Waals surface area contributed by atoms with Gasteiger partial charge in [0, 0.05) is 17.4 Å². The lowest BCUT2D eigenvalue weighted by Gasteiger charge is -2.09. The first-order chi connectivity index (χ1) is 10.5. The number of rotatable bonds is 3. The molecule has 5 nitrogen and oxygen atoms in total. The molecule has 112 valence electrons. The molecule has 22 heavy (non-hydrogen) atoms. The third-order valence-corrected chi connectivity index (χ3v) is 3.71. The van der Waals surface area contributed by atoms with Gasteiger partial charge in [-0.1, -0.05) is 18.2 Å². The number of aliphatic hydroxyl groups is 1. The van der Waals surface area contributed by atoms with Crippen LogP contribution in [0.25, 0.3) is 21.7 Å². The van der Waals surface area contributed by atoms with E-state index < -0.39 is 5.63 Å². The lowest BCUT2D eigenvalue weighted by molar-refractivity contribution is 0.101. The van der Waals surface area contributed by atoms with Crippen LogP contribution >= 0.6 is 0 Å². The number of fused-ring (bicyclic) bond motifs is 3. The molecule has 1 heterocycles. The highest BCUT2D eigenvalue weighted by Crippen LogP contribution is 2.32. The molecule has 5 heteroatoms. The number of benzene rings is 2. The van der Waals surface area contributed by atoms with Gasteiger partial charge in [0.2, 0.25) is 0 Å². The van der Waals surface area contributed by atoms with Gasteiger partial charge in [0.15, 0.2) is 11.4 Å². The summed E-state index contributed by atoms with van der Waals surface area (Å²) >= 11 is 0. The Morgan fingerprint density at radius 3 is 2.64 bits per heavy atom. The molecule has 1 aromatic heterocycles. The van der Waals surface area contributed by atoms with Gasteiger partial charge < -0.3 is 14.6 Å². The van der Waals surface area contributed by atoms with Gasteiger partial charge in [-0.05, 0) is 31.0 Å². The summed E-state index contributed by atoms with van der Waals surface area (Å²) in [4.78, 5) is 24.1. The van der Waals surface area contributed by atoms with E-state index in [1.807, 2.05) is 0 Å². The largest absolute Gasteiger partial charge is 0.507 e. The number of aromatic hydroxyl groups is 1. The Hall–Kier alpha value is -2.66. The number of aliphatic hydroxyl groups excluding tert-OH is 1. The van der Waals surface area contributed by atoms with E-state index in [9.17, 15) is 14.7 Å². The van der Waals surface area contributed by atoms with Crippen molar-refractivity contribution in [2.45, 2.75) is 13.3 Å². The molecule has 0 unspecified atom stereocenters. The molecule has 0 aliphatic carbocycles. The second-order valence-electron chi connectivity index (χ2n) is 5.10. The van der Waals surface area contributed by atoms with Crippen LogP contribution < -0.4 is 5.63 Å². The van der Waals surface area contributed by atoms with Crippen molar-refractivity contribution in [1.82, 2.24) is 0 Å². The average Bonchev–Trinajstić information content (AvgIpc) is 2.47. The highest BCUT2D eigenvalue weighted by atomic mass is 16.4. The molecule has 0 fully saturated rings. The molecule has 3 rings (SSSR count). The Bertz CT molecular complexity index is 953. The molecule has 0 radical (unpaired) electrons.